The smallest absolute Gasteiger partial charge is 0.251 e. The molecule has 0 aliphatic heterocycles. The van der Waals surface area contributed by atoms with Crippen molar-refractivity contribution >= 4 is 30.8 Å². The molecular formula is C24H30N4O4Si. The molecule has 0 aliphatic rings. The highest BCUT2D eigenvalue weighted by atomic mass is 28.3. The van der Waals surface area contributed by atoms with E-state index in [9.17, 15) is 14.7 Å². The van der Waals surface area contributed by atoms with Gasteiger partial charge in [-0.25, -0.2) is 0 Å². The van der Waals surface area contributed by atoms with Crippen molar-refractivity contribution < 1.29 is 19.4 Å². The van der Waals surface area contributed by atoms with Crippen molar-refractivity contribution in [3.63, 3.8) is 0 Å². The highest BCUT2D eigenvalue weighted by Crippen LogP contribution is 2.20. The van der Waals surface area contributed by atoms with Gasteiger partial charge < -0.3 is 20.5 Å². The molecule has 0 bridgehead atoms. The molecular weight excluding hydrogens is 436 g/mol. The minimum atomic E-state index is -1.45. The van der Waals surface area contributed by atoms with Gasteiger partial charge in [-0.3, -0.25) is 14.3 Å². The SMILES string of the molecule is COc1ccc(C(NC(=O)Cc2cc(O)nn2C)C(=O)Nc2ccc([Si](C)(C)C)cc2)cc1. The lowest BCUT2D eigenvalue weighted by atomic mass is 10.1. The van der Waals surface area contributed by atoms with Gasteiger partial charge in [-0.2, -0.15) is 0 Å². The lowest BCUT2D eigenvalue weighted by Gasteiger charge is -2.20. The third-order valence-corrected chi connectivity index (χ3v) is 7.41. The van der Waals surface area contributed by atoms with Crippen molar-refractivity contribution in [1.82, 2.24) is 15.1 Å². The maximum absolute atomic E-state index is 13.2. The number of aromatic hydroxyl groups is 1. The number of amides is 2. The predicted octanol–water partition coefficient (Wildman–Crippen LogP) is 2.72. The Morgan fingerprint density at radius 1 is 1.09 bits per heavy atom. The number of nitrogens with one attached hydrogen (secondary N) is 2. The monoisotopic (exact) mass is 466 g/mol. The second-order valence-corrected chi connectivity index (χ2v) is 14.0. The summed E-state index contributed by atoms with van der Waals surface area (Å²) >= 11 is 0. The third-order valence-electron chi connectivity index (χ3n) is 5.34. The molecule has 0 spiro atoms. The van der Waals surface area contributed by atoms with Crippen LogP contribution >= 0.6 is 0 Å². The van der Waals surface area contributed by atoms with E-state index in [2.05, 4.69) is 35.4 Å². The number of hydrogen-bond donors (Lipinski definition) is 3. The summed E-state index contributed by atoms with van der Waals surface area (Å²) in [6, 6.07) is 15.3. The molecule has 8 nitrogen and oxygen atoms in total. The Morgan fingerprint density at radius 2 is 1.73 bits per heavy atom. The molecule has 33 heavy (non-hydrogen) atoms. The molecule has 3 N–H and O–H groups in total. The molecule has 9 heteroatoms. The van der Waals surface area contributed by atoms with Gasteiger partial charge in [-0.05, 0) is 29.8 Å². The number of aryl methyl sites for hydroxylation is 1. The molecule has 1 aromatic heterocycles. The van der Waals surface area contributed by atoms with Crippen molar-refractivity contribution in [3.8, 4) is 11.6 Å². The minimum Gasteiger partial charge on any atom is -0.497 e. The standard InChI is InChI=1S/C24H30N4O4Si/c1-28-18(15-22(30)27-28)14-21(29)26-23(16-6-10-19(32-2)11-7-16)24(31)25-17-8-12-20(13-9-17)33(3,4)5/h6-13,15,23H,14H2,1-5H3,(H,25,31)(H,26,29)(H,27,30). The fraction of sp³-hybridized carbons (Fsp3) is 0.292. The van der Waals surface area contributed by atoms with E-state index >= 15 is 0 Å². The van der Waals surface area contributed by atoms with Crippen molar-refractivity contribution in [1.29, 1.82) is 0 Å². The topological polar surface area (TPSA) is 105 Å². The number of methoxy groups -OCH3 is 1. The summed E-state index contributed by atoms with van der Waals surface area (Å²) in [5.74, 6) is -0.242. The van der Waals surface area contributed by atoms with Crippen LogP contribution < -0.4 is 20.6 Å². The molecule has 0 radical (unpaired) electrons. The predicted molar refractivity (Wildman–Crippen MR) is 131 cm³/mol. The van der Waals surface area contributed by atoms with Crippen LogP contribution in [0.1, 0.15) is 17.3 Å². The van der Waals surface area contributed by atoms with Crippen LogP contribution in [0, 0.1) is 0 Å². The van der Waals surface area contributed by atoms with E-state index in [0.717, 1.165) is 0 Å². The quantitative estimate of drug-likeness (QED) is 0.443. The van der Waals surface area contributed by atoms with E-state index in [1.54, 1.807) is 38.4 Å². The zero-order chi connectivity index (χ0) is 24.2. The lowest BCUT2D eigenvalue weighted by molar-refractivity contribution is -0.126. The number of carbonyl (C=O) groups excluding carboxylic acids is 2. The largest absolute Gasteiger partial charge is 0.497 e. The summed E-state index contributed by atoms with van der Waals surface area (Å²) in [6.07, 6.45) is -0.0328. The Balaban J connectivity index is 1.80. The first-order valence-electron chi connectivity index (χ1n) is 10.6. The highest BCUT2D eigenvalue weighted by Gasteiger charge is 2.24. The number of rotatable bonds is 8. The maximum Gasteiger partial charge on any atom is 0.251 e. The fourth-order valence-corrected chi connectivity index (χ4v) is 4.56. The number of nitrogens with zero attached hydrogens (tertiary/aromatic N) is 2. The van der Waals surface area contributed by atoms with Crippen LogP contribution in [-0.4, -0.2) is 41.9 Å². The third kappa shape index (κ3) is 6.23. The van der Waals surface area contributed by atoms with Gasteiger partial charge in [-0.1, -0.05) is 49.1 Å². The summed E-state index contributed by atoms with van der Waals surface area (Å²) in [5, 5.41) is 20.4. The molecule has 3 aromatic rings. The second-order valence-electron chi connectivity index (χ2n) is 8.88. The van der Waals surface area contributed by atoms with Crippen LogP contribution in [-0.2, 0) is 23.1 Å². The van der Waals surface area contributed by atoms with Gasteiger partial charge >= 0.3 is 0 Å². The molecule has 1 atom stereocenters. The Morgan fingerprint density at radius 3 is 2.24 bits per heavy atom. The first-order chi connectivity index (χ1) is 15.6. The Bertz CT molecular complexity index is 1120. The Kier molecular flexibility index (Phi) is 7.22. The molecule has 2 aromatic carbocycles. The molecule has 0 saturated heterocycles. The number of aromatic nitrogens is 2. The normalized spacial score (nSPS) is 12.2. The maximum atomic E-state index is 13.2. The van der Waals surface area contributed by atoms with Gasteiger partial charge in [0, 0.05) is 18.8 Å². The summed E-state index contributed by atoms with van der Waals surface area (Å²) in [6.45, 7) is 6.79. The highest BCUT2D eigenvalue weighted by molar-refractivity contribution is 6.88. The van der Waals surface area contributed by atoms with Crippen LogP contribution in [0.3, 0.4) is 0 Å². The molecule has 0 aliphatic carbocycles. The van der Waals surface area contributed by atoms with Crippen LogP contribution in [0.15, 0.2) is 54.6 Å². The number of benzene rings is 2. The number of anilines is 1. The van der Waals surface area contributed by atoms with Gasteiger partial charge in [0.2, 0.25) is 11.8 Å². The summed E-state index contributed by atoms with van der Waals surface area (Å²) < 4.78 is 6.63. The molecule has 1 unspecified atom stereocenters. The first kappa shape index (κ1) is 24.1. The fourth-order valence-electron chi connectivity index (χ4n) is 3.40. The van der Waals surface area contributed by atoms with E-state index in [1.165, 1.54) is 15.9 Å². The lowest BCUT2D eigenvalue weighted by Crippen LogP contribution is -2.38. The van der Waals surface area contributed by atoms with Crippen molar-refractivity contribution in [2.75, 3.05) is 12.4 Å². The molecule has 3 rings (SSSR count). The van der Waals surface area contributed by atoms with E-state index < -0.39 is 14.1 Å². The number of hydrogen-bond acceptors (Lipinski definition) is 5. The molecule has 2 amide bonds. The van der Waals surface area contributed by atoms with Crippen LogP contribution in [0.2, 0.25) is 19.6 Å². The van der Waals surface area contributed by atoms with Gasteiger partial charge in [0.25, 0.3) is 5.91 Å². The molecule has 0 fully saturated rings. The average Bonchev–Trinajstić information content (AvgIpc) is 3.08. The van der Waals surface area contributed by atoms with Crippen LogP contribution in [0.25, 0.3) is 0 Å². The summed E-state index contributed by atoms with van der Waals surface area (Å²) in [5.41, 5.74) is 1.81. The molecule has 0 saturated carbocycles. The van der Waals surface area contributed by atoms with E-state index in [-0.39, 0.29) is 24.1 Å². The van der Waals surface area contributed by atoms with Crippen LogP contribution in [0.4, 0.5) is 5.69 Å². The number of ether oxygens (including phenoxy) is 1. The van der Waals surface area contributed by atoms with Gasteiger partial charge in [0.15, 0.2) is 0 Å². The summed E-state index contributed by atoms with van der Waals surface area (Å²) in [4.78, 5) is 26.0. The molecule has 1 heterocycles. The zero-order valence-electron chi connectivity index (χ0n) is 19.5. The van der Waals surface area contributed by atoms with Gasteiger partial charge in [0.05, 0.1) is 27.3 Å². The van der Waals surface area contributed by atoms with Gasteiger partial charge in [-0.15, -0.1) is 5.10 Å². The minimum absolute atomic E-state index is 0.0328. The molecule has 174 valence electrons. The van der Waals surface area contributed by atoms with Crippen molar-refractivity contribution in [3.05, 3.63) is 65.9 Å². The Labute approximate surface area is 194 Å². The first-order valence-corrected chi connectivity index (χ1v) is 14.1. The Hall–Kier alpha value is -3.59. The van der Waals surface area contributed by atoms with Gasteiger partial charge in [0.1, 0.15) is 11.8 Å². The van der Waals surface area contributed by atoms with Crippen molar-refractivity contribution in [2.45, 2.75) is 32.1 Å². The van der Waals surface area contributed by atoms with Crippen molar-refractivity contribution in [2.24, 2.45) is 7.05 Å². The zero-order valence-corrected chi connectivity index (χ0v) is 20.5. The van der Waals surface area contributed by atoms with E-state index in [4.69, 9.17) is 4.74 Å². The average molecular weight is 467 g/mol. The van der Waals surface area contributed by atoms with E-state index in [0.29, 0.717) is 22.7 Å². The number of carbonyl (C=O) groups is 2. The van der Waals surface area contributed by atoms with E-state index in [1.807, 2.05) is 24.3 Å². The van der Waals surface area contributed by atoms with Crippen LogP contribution in [0.5, 0.6) is 11.6 Å². The second kappa shape index (κ2) is 9.91. The summed E-state index contributed by atoms with van der Waals surface area (Å²) in [7, 11) is 1.75.